The number of benzene rings is 1. The molecule has 1 rings (SSSR count). The Morgan fingerprint density at radius 1 is 1.33 bits per heavy atom. The van der Waals surface area contributed by atoms with E-state index in [-0.39, 0.29) is 12.6 Å². The predicted octanol–water partition coefficient (Wildman–Crippen LogP) is 2.25. The molecular weight excluding hydrogens is 230 g/mol. The molecule has 18 heavy (non-hydrogen) atoms. The number of aliphatic carboxylic acids is 1. The van der Waals surface area contributed by atoms with Crippen LogP contribution in [-0.4, -0.2) is 41.7 Å². The summed E-state index contributed by atoms with van der Waals surface area (Å²) >= 11 is 0. The smallest absolute Gasteiger partial charge is 0.317 e. The van der Waals surface area contributed by atoms with Gasteiger partial charge in [-0.1, -0.05) is 18.2 Å². The van der Waals surface area contributed by atoms with E-state index in [0.717, 1.165) is 18.7 Å². The van der Waals surface area contributed by atoms with Gasteiger partial charge in [-0.15, -0.1) is 0 Å². The number of hydrogen-bond donors (Lipinski definition) is 1. The summed E-state index contributed by atoms with van der Waals surface area (Å²) in [7, 11) is 0. The highest BCUT2D eigenvalue weighted by Gasteiger charge is 2.12. The zero-order valence-corrected chi connectivity index (χ0v) is 11.0. The fourth-order valence-electron chi connectivity index (χ4n) is 1.67. The van der Waals surface area contributed by atoms with Crippen LogP contribution in [0.5, 0.6) is 5.75 Å². The van der Waals surface area contributed by atoms with Crippen LogP contribution < -0.4 is 4.74 Å². The second kappa shape index (κ2) is 7.71. The number of hydrogen-bond acceptors (Lipinski definition) is 3. The van der Waals surface area contributed by atoms with E-state index in [4.69, 9.17) is 9.84 Å². The molecule has 0 aliphatic heterocycles. The van der Waals surface area contributed by atoms with Crippen molar-refractivity contribution in [1.82, 2.24) is 4.90 Å². The first kappa shape index (κ1) is 14.5. The Morgan fingerprint density at radius 2 is 2.00 bits per heavy atom. The van der Waals surface area contributed by atoms with Gasteiger partial charge in [-0.2, -0.15) is 0 Å². The van der Waals surface area contributed by atoms with Crippen LogP contribution >= 0.6 is 0 Å². The van der Waals surface area contributed by atoms with Crippen molar-refractivity contribution in [2.45, 2.75) is 26.3 Å². The highest BCUT2D eigenvalue weighted by atomic mass is 16.5. The number of carboxylic acid groups (broad SMARTS) is 1. The SMILES string of the molecule is CC(C)N(CCCOc1ccccc1)CC(=O)O. The number of carboxylic acids is 1. The maximum Gasteiger partial charge on any atom is 0.317 e. The van der Waals surface area contributed by atoms with Gasteiger partial charge in [0.1, 0.15) is 5.75 Å². The molecule has 0 aliphatic carbocycles. The molecular formula is C14H21NO3. The van der Waals surface area contributed by atoms with Gasteiger partial charge >= 0.3 is 5.97 Å². The quantitative estimate of drug-likeness (QED) is 0.720. The first-order chi connectivity index (χ1) is 8.59. The number of rotatable bonds is 8. The predicted molar refractivity (Wildman–Crippen MR) is 70.9 cm³/mol. The summed E-state index contributed by atoms with van der Waals surface area (Å²) in [6.07, 6.45) is 0.820. The summed E-state index contributed by atoms with van der Waals surface area (Å²) in [5.74, 6) is 0.0690. The van der Waals surface area contributed by atoms with Gasteiger partial charge in [0.2, 0.25) is 0 Å². The summed E-state index contributed by atoms with van der Waals surface area (Å²) < 4.78 is 5.57. The van der Waals surface area contributed by atoms with Crippen LogP contribution in [0.1, 0.15) is 20.3 Å². The summed E-state index contributed by atoms with van der Waals surface area (Å²) in [6, 6.07) is 9.87. The van der Waals surface area contributed by atoms with Gasteiger partial charge in [0.05, 0.1) is 13.2 Å². The average Bonchev–Trinajstić information content (AvgIpc) is 2.33. The third kappa shape index (κ3) is 5.68. The Balaban J connectivity index is 2.25. The normalized spacial score (nSPS) is 10.9. The minimum absolute atomic E-state index is 0.0863. The van der Waals surface area contributed by atoms with E-state index in [0.29, 0.717) is 6.61 Å². The number of carbonyl (C=O) groups is 1. The molecule has 0 unspecified atom stereocenters. The van der Waals surface area contributed by atoms with Crippen molar-refractivity contribution in [2.24, 2.45) is 0 Å². The first-order valence-corrected chi connectivity index (χ1v) is 6.23. The minimum Gasteiger partial charge on any atom is -0.494 e. The Labute approximate surface area is 108 Å². The van der Waals surface area contributed by atoms with Crippen LogP contribution in [0.3, 0.4) is 0 Å². The molecule has 1 aromatic rings. The van der Waals surface area contributed by atoms with Gasteiger partial charge in [-0.05, 0) is 32.4 Å². The van der Waals surface area contributed by atoms with E-state index in [1.165, 1.54) is 0 Å². The van der Waals surface area contributed by atoms with Gasteiger partial charge in [0, 0.05) is 12.6 Å². The molecule has 0 saturated heterocycles. The lowest BCUT2D eigenvalue weighted by atomic mass is 10.3. The fraction of sp³-hybridized carbons (Fsp3) is 0.500. The number of ether oxygens (including phenoxy) is 1. The monoisotopic (exact) mass is 251 g/mol. The standard InChI is InChI=1S/C14H21NO3/c1-12(2)15(11-14(16)17)9-6-10-18-13-7-4-3-5-8-13/h3-5,7-8,12H,6,9-11H2,1-2H3,(H,16,17). The number of nitrogens with zero attached hydrogens (tertiary/aromatic N) is 1. The second-order valence-corrected chi connectivity index (χ2v) is 4.47. The molecule has 0 atom stereocenters. The minimum atomic E-state index is -0.785. The summed E-state index contributed by atoms with van der Waals surface area (Å²) in [5, 5.41) is 8.79. The van der Waals surface area contributed by atoms with Crippen molar-refractivity contribution >= 4 is 5.97 Å². The lowest BCUT2D eigenvalue weighted by molar-refractivity contribution is -0.138. The Kier molecular flexibility index (Phi) is 6.22. The highest BCUT2D eigenvalue weighted by molar-refractivity contribution is 5.69. The largest absolute Gasteiger partial charge is 0.494 e. The van der Waals surface area contributed by atoms with E-state index < -0.39 is 5.97 Å². The molecule has 0 aromatic heterocycles. The van der Waals surface area contributed by atoms with Crippen molar-refractivity contribution in [3.8, 4) is 5.75 Å². The molecule has 0 aliphatic rings. The van der Waals surface area contributed by atoms with E-state index in [1.54, 1.807) is 0 Å². The van der Waals surface area contributed by atoms with E-state index in [1.807, 2.05) is 49.1 Å². The Hall–Kier alpha value is -1.55. The third-order valence-corrected chi connectivity index (χ3v) is 2.67. The molecule has 0 amide bonds. The molecule has 0 saturated carbocycles. The van der Waals surface area contributed by atoms with Crippen molar-refractivity contribution < 1.29 is 14.6 Å². The first-order valence-electron chi connectivity index (χ1n) is 6.23. The van der Waals surface area contributed by atoms with Gasteiger partial charge < -0.3 is 9.84 Å². The molecule has 1 aromatic carbocycles. The molecule has 100 valence electrons. The van der Waals surface area contributed by atoms with Crippen molar-refractivity contribution in [3.63, 3.8) is 0 Å². The Morgan fingerprint density at radius 3 is 2.56 bits per heavy atom. The van der Waals surface area contributed by atoms with Crippen molar-refractivity contribution in [1.29, 1.82) is 0 Å². The van der Waals surface area contributed by atoms with Gasteiger partial charge in [0.25, 0.3) is 0 Å². The van der Waals surface area contributed by atoms with Crippen LogP contribution in [0.2, 0.25) is 0 Å². The van der Waals surface area contributed by atoms with E-state index >= 15 is 0 Å². The van der Waals surface area contributed by atoms with E-state index in [2.05, 4.69) is 0 Å². The average molecular weight is 251 g/mol. The molecule has 0 bridgehead atoms. The van der Waals surface area contributed by atoms with Gasteiger partial charge in [0.15, 0.2) is 0 Å². The lowest BCUT2D eigenvalue weighted by Gasteiger charge is -2.24. The highest BCUT2D eigenvalue weighted by Crippen LogP contribution is 2.08. The van der Waals surface area contributed by atoms with Gasteiger partial charge in [-0.25, -0.2) is 0 Å². The van der Waals surface area contributed by atoms with Gasteiger partial charge in [-0.3, -0.25) is 9.69 Å². The Bertz CT molecular complexity index is 351. The zero-order chi connectivity index (χ0) is 13.4. The topological polar surface area (TPSA) is 49.8 Å². The summed E-state index contributed by atoms with van der Waals surface area (Å²) in [6.45, 7) is 5.43. The molecule has 0 radical (unpaired) electrons. The molecule has 4 nitrogen and oxygen atoms in total. The fourth-order valence-corrected chi connectivity index (χ4v) is 1.67. The maximum atomic E-state index is 10.7. The molecule has 0 fully saturated rings. The molecule has 4 heteroatoms. The second-order valence-electron chi connectivity index (χ2n) is 4.47. The van der Waals surface area contributed by atoms with E-state index in [9.17, 15) is 4.79 Å². The summed E-state index contributed by atoms with van der Waals surface area (Å²) in [5.41, 5.74) is 0. The maximum absolute atomic E-state index is 10.7. The molecule has 0 spiro atoms. The van der Waals surface area contributed by atoms with Crippen LogP contribution in [0, 0.1) is 0 Å². The number of para-hydroxylation sites is 1. The molecule has 0 heterocycles. The lowest BCUT2D eigenvalue weighted by Crippen LogP contribution is -2.36. The van der Waals surface area contributed by atoms with Crippen molar-refractivity contribution in [3.05, 3.63) is 30.3 Å². The van der Waals surface area contributed by atoms with Crippen LogP contribution in [0.25, 0.3) is 0 Å². The zero-order valence-electron chi connectivity index (χ0n) is 11.0. The van der Waals surface area contributed by atoms with Crippen LogP contribution in [-0.2, 0) is 4.79 Å². The van der Waals surface area contributed by atoms with Crippen molar-refractivity contribution in [2.75, 3.05) is 19.7 Å². The van der Waals surface area contributed by atoms with Crippen LogP contribution in [0.15, 0.2) is 30.3 Å². The molecule has 1 N–H and O–H groups in total. The van der Waals surface area contributed by atoms with Crippen LogP contribution in [0.4, 0.5) is 0 Å². The summed E-state index contributed by atoms with van der Waals surface area (Å²) in [4.78, 5) is 12.6. The third-order valence-electron chi connectivity index (χ3n) is 2.67.